The predicted octanol–water partition coefficient (Wildman–Crippen LogP) is 3.90. The summed E-state index contributed by atoms with van der Waals surface area (Å²) < 4.78 is 6.96. The molecule has 8 nitrogen and oxygen atoms in total. The molecule has 2 N–H and O–H groups in total. The molecule has 3 amide bonds. The Morgan fingerprint density at radius 2 is 1.69 bits per heavy atom. The summed E-state index contributed by atoms with van der Waals surface area (Å²) in [6, 6.07) is 22.9. The first-order chi connectivity index (χ1) is 17.0. The number of aromatic nitrogens is 2. The third kappa shape index (κ3) is 6.07. The molecule has 0 radical (unpaired) electrons. The number of hydrogen-bond donors (Lipinski definition) is 2. The van der Waals surface area contributed by atoms with Gasteiger partial charge in [-0.15, -0.1) is 0 Å². The summed E-state index contributed by atoms with van der Waals surface area (Å²) in [7, 11) is 0. The lowest BCUT2D eigenvalue weighted by Gasteiger charge is -2.14. The minimum Gasteiger partial charge on any atom is -0.494 e. The molecule has 0 saturated heterocycles. The van der Waals surface area contributed by atoms with Gasteiger partial charge in [0, 0.05) is 6.54 Å². The Labute approximate surface area is 206 Å². The zero-order chi connectivity index (χ0) is 24.6. The van der Waals surface area contributed by atoms with E-state index in [9.17, 15) is 14.4 Å². The van der Waals surface area contributed by atoms with E-state index in [1.165, 1.54) is 4.57 Å². The number of hydrogen-bond acceptors (Lipinski definition) is 6. The van der Waals surface area contributed by atoms with Crippen molar-refractivity contribution in [2.24, 2.45) is 0 Å². The summed E-state index contributed by atoms with van der Waals surface area (Å²) in [5, 5.41) is 5.78. The van der Waals surface area contributed by atoms with Gasteiger partial charge in [-0.25, -0.2) is 9.78 Å². The number of nitrogens with one attached hydrogen (secondary N) is 2. The second-order valence-corrected chi connectivity index (χ2v) is 8.43. The third-order valence-corrected chi connectivity index (χ3v) is 5.97. The molecule has 0 aliphatic carbocycles. The summed E-state index contributed by atoms with van der Waals surface area (Å²) in [5.41, 5.74) is 1.80. The molecule has 1 heterocycles. The van der Waals surface area contributed by atoms with E-state index in [-0.39, 0.29) is 11.3 Å². The third-order valence-electron chi connectivity index (χ3n) is 5.03. The SMILES string of the molecule is CCOc1ccc(-n2c(SCC(=O)NC(=O)NCc3ccccc3)nc3ccccc3c2=O)cc1. The average Bonchev–Trinajstić information content (AvgIpc) is 2.88. The van der Waals surface area contributed by atoms with Crippen LogP contribution in [0.15, 0.2) is 88.8 Å². The van der Waals surface area contributed by atoms with Crippen LogP contribution < -0.4 is 20.9 Å². The highest BCUT2D eigenvalue weighted by Gasteiger charge is 2.16. The summed E-state index contributed by atoms with van der Waals surface area (Å²) in [6.45, 7) is 2.73. The van der Waals surface area contributed by atoms with Crippen molar-refractivity contribution < 1.29 is 14.3 Å². The highest BCUT2D eigenvalue weighted by atomic mass is 32.2. The standard InChI is InChI=1S/C26H24N4O4S/c1-2-34-20-14-12-19(13-15-20)30-24(32)21-10-6-7-11-22(21)28-26(30)35-17-23(31)29-25(33)27-16-18-8-4-3-5-9-18/h3-15H,2,16-17H2,1H3,(H2,27,29,31,33). The molecule has 4 aromatic rings. The van der Waals surface area contributed by atoms with Crippen LogP contribution in [0.1, 0.15) is 12.5 Å². The number of nitrogens with zero attached hydrogens (tertiary/aromatic N) is 2. The van der Waals surface area contributed by atoms with Crippen LogP contribution in [0.5, 0.6) is 5.75 Å². The van der Waals surface area contributed by atoms with Gasteiger partial charge in [-0.05, 0) is 48.9 Å². The van der Waals surface area contributed by atoms with Crippen molar-refractivity contribution in [3.63, 3.8) is 0 Å². The highest BCUT2D eigenvalue weighted by molar-refractivity contribution is 7.99. The van der Waals surface area contributed by atoms with Gasteiger partial charge >= 0.3 is 6.03 Å². The van der Waals surface area contributed by atoms with Gasteiger partial charge in [0.05, 0.1) is 29.0 Å². The number of rotatable bonds is 8. The van der Waals surface area contributed by atoms with Crippen LogP contribution in [0.3, 0.4) is 0 Å². The van der Waals surface area contributed by atoms with Gasteiger partial charge in [0.25, 0.3) is 5.56 Å². The first kappa shape index (κ1) is 24.0. The fraction of sp³-hybridized carbons (Fsp3) is 0.154. The molecule has 0 unspecified atom stereocenters. The Hall–Kier alpha value is -4.11. The number of carbonyl (C=O) groups is 2. The quantitative estimate of drug-likeness (QED) is 0.288. The summed E-state index contributed by atoms with van der Waals surface area (Å²) in [4.78, 5) is 42.5. The monoisotopic (exact) mass is 488 g/mol. The molecule has 0 saturated carbocycles. The fourth-order valence-corrected chi connectivity index (χ4v) is 4.22. The number of benzene rings is 3. The number of fused-ring (bicyclic) bond motifs is 1. The Bertz CT molecular complexity index is 1390. The smallest absolute Gasteiger partial charge is 0.321 e. The van der Waals surface area contributed by atoms with E-state index in [1.807, 2.05) is 37.3 Å². The Morgan fingerprint density at radius 1 is 0.971 bits per heavy atom. The maximum absolute atomic E-state index is 13.3. The van der Waals surface area contributed by atoms with Crippen LogP contribution in [-0.4, -0.2) is 33.8 Å². The van der Waals surface area contributed by atoms with E-state index in [4.69, 9.17) is 4.74 Å². The predicted molar refractivity (Wildman–Crippen MR) is 136 cm³/mol. The van der Waals surface area contributed by atoms with Crippen LogP contribution in [0.2, 0.25) is 0 Å². The minimum absolute atomic E-state index is 0.0967. The van der Waals surface area contributed by atoms with Crippen molar-refractivity contribution in [2.45, 2.75) is 18.6 Å². The zero-order valence-electron chi connectivity index (χ0n) is 19.1. The first-order valence-corrected chi connectivity index (χ1v) is 12.0. The van der Waals surface area contributed by atoms with Crippen LogP contribution >= 0.6 is 11.8 Å². The van der Waals surface area contributed by atoms with E-state index in [2.05, 4.69) is 15.6 Å². The number of thioether (sulfide) groups is 1. The summed E-state index contributed by atoms with van der Waals surface area (Å²) >= 11 is 1.08. The molecule has 4 rings (SSSR count). The lowest BCUT2D eigenvalue weighted by atomic mass is 10.2. The highest BCUT2D eigenvalue weighted by Crippen LogP contribution is 2.22. The van der Waals surface area contributed by atoms with Crippen molar-refractivity contribution >= 4 is 34.6 Å². The largest absolute Gasteiger partial charge is 0.494 e. The number of amides is 3. The normalized spacial score (nSPS) is 10.7. The van der Waals surface area contributed by atoms with Gasteiger partial charge in [-0.2, -0.15) is 0 Å². The average molecular weight is 489 g/mol. The molecule has 0 spiro atoms. The van der Waals surface area contributed by atoms with Crippen molar-refractivity contribution in [3.05, 3.63) is 94.8 Å². The van der Waals surface area contributed by atoms with E-state index < -0.39 is 11.9 Å². The molecule has 0 aliphatic heterocycles. The molecule has 0 bridgehead atoms. The number of urea groups is 1. The molecule has 0 atom stereocenters. The summed E-state index contributed by atoms with van der Waals surface area (Å²) in [6.07, 6.45) is 0. The van der Waals surface area contributed by atoms with Crippen molar-refractivity contribution in [3.8, 4) is 11.4 Å². The molecule has 1 aromatic heterocycles. The molecule has 0 fully saturated rings. The van der Waals surface area contributed by atoms with E-state index in [0.717, 1.165) is 17.3 Å². The first-order valence-electron chi connectivity index (χ1n) is 11.0. The van der Waals surface area contributed by atoms with Gasteiger partial charge in [0.15, 0.2) is 5.16 Å². The maximum atomic E-state index is 13.3. The number of carbonyl (C=O) groups excluding carboxylic acids is 2. The minimum atomic E-state index is -0.588. The lowest BCUT2D eigenvalue weighted by molar-refractivity contribution is -0.117. The van der Waals surface area contributed by atoms with Crippen LogP contribution in [0.4, 0.5) is 4.79 Å². The number of imide groups is 1. The number of para-hydroxylation sites is 1. The van der Waals surface area contributed by atoms with Gasteiger partial charge in [-0.3, -0.25) is 19.5 Å². The van der Waals surface area contributed by atoms with Gasteiger partial charge in [0.1, 0.15) is 5.75 Å². The van der Waals surface area contributed by atoms with Gasteiger partial charge in [-0.1, -0.05) is 54.2 Å². The molecule has 35 heavy (non-hydrogen) atoms. The van der Waals surface area contributed by atoms with Crippen LogP contribution in [-0.2, 0) is 11.3 Å². The molecule has 9 heteroatoms. The topological polar surface area (TPSA) is 102 Å². The van der Waals surface area contributed by atoms with E-state index in [0.29, 0.717) is 40.6 Å². The second-order valence-electron chi connectivity index (χ2n) is 7.48. The van der Waals surface area contributed by atoms with Gasteiger partial charge < -0.3 is 10.1 Å². The van der Waals surface area contributed by atoms with Crippen molar-refractivity contribution in [2.75, 3.05) is 12.4 Å². The van der Waals surface area contributed by atoms with E-state index >= 15 is 0 Å². The maximum Gasteiger partial charge on any atom is 0.321 e. The van der Waals surface area contributed by atoms with Crippen molar-refractivity contribution in [1.82, 2.24) is 20.2 Å². The van der Waals surface area contributed by atoms with Crippen LogP contribution in [0, 0.1) is 0 Å². The Balaban J connectivity index is 1.50. The lowest BCUT2D eigenvalue weighted by Crippen LogP contribution is -2.40. The molecular formula is C26H24N4O4S. The van der Waals surface area contributed by atoms with Gasteiger partial charge in [0.2, 0.25) is 5.91 Å². The Morgan fingerprint density at radius 3 is 2.43 bits per heavy atom. The van der Waals surface area contributed by atoms with Crippen LogP contribution in [0.25, 0.3) is 16.6 Å². The summed E-state index contributed by atoms with van der Waals surface area (Å²) in [5.74, 6) is 0.0926. The molecule has 3 aromatic carbocycles. The molecule has 0 aliphatic rings. The van der Waals surface area contributed by atoms with Crippen molar-refractivity contribution in [1.29, 1.82) is 0 Å². The molecule has 178 valence electrons. The second kappa shape index (κ2) is 11.3. The molecular weight excluding hydrogens is 464 g/mol. The number of ether oxygens (including phenoxy) is 1. The Kier molecular flexibility index (Phi) is 7.79. The van der Waals surface area contributed by atoms with E-state index in [1.54, 1.807) is 48.5 Å². The fourth-order valence-electron chi connectivity index (χ4n) is 3.41. The zero-order valence-corrected chi connectivity index (χ0v) is 19.9.